The second-order valence-electron chi connectivity index (χ2n) is 8.67. The fourth-order valence-corrected chi connectivity index (χ4v) is 4.18. The maximum atomic E-state index is 10.9. The van der Waals surface area contributed by atoms with Crippen LogP contribution in [0.2, 0.25) is 0 Å². The van der Waals surface area contributed by atoms with Gasteiger partial charge in [0, 0.05) is 0 Å². The van der Waals surface area contributed by atoms with Crippen LogP contribution in [-0.2, 0) is 43.5 Å². The molecule has 1 fully saturated rings. The van der Waals surface area contributed by atoms with Crippen molar-refractivity contribution in [2.24, 2.45) is 0 Å². The summed E-state index contributed by atoms with van der Waals surface area (Å²) in [5, 5.41) is 10.9. The molecule has 5 unspecified atom stereocenters. The van der Waals surface area contributed by atoms with Crippen molar-refractivity contribution >= 4 is 0 Å². The first-order chi connectivity index (χ1) is 17.7. The van der Waals surface area contributed by atoms with E-state index < -0.39 is 30.7 Å². The van der Waals surface area contributed by atoms with E-state index >= 15 is 0 Å². The van der Waals surface area contributed by atoms with Gasteiger partial charge in [0.1, 0.15) is 24.4 Å². The summed E-state index contributed by atoms with van der Waals surface area (Å²) in [4.78, 5) is 0. The Labute approximate surface area is 213 Å². The van der Waals surface area contributed by atoms with Crippen LogP contribution in [0.15, 0.2) is 104 Å². The van der Waals surface area contributed by atoms with Crippen LogP contribution in [0.1, 0.15) is 16.7 Å². The molecule has 0 aromatic heterocycles. The van der Waals surface area contributed by atoms with Crippen molar-refractivity contribution in [2.75, 3.05) is 13.2 Å². The van der Waals surface area contributed by atoms with Gasteiger partial charge in [0.2, 0.25) is 0 Å². The molecule has 1 heterocycles. The summed E-state index contributed by atoms with van der Waals surface area (Å²) in [5.41, 5.74) is 3.07. The van der Waals surface area contributed by atoms with Crippen molar-refractivity contribution in [3.05, 3.63) is 120 Å². The minimum absolute atomic E-state index is 0.227. The molecule has 36 heavy (non-hydrogen) atoms. The average Bonchev–Trinajstić information content (AvgIpc) is 2.92. The molecular formula is C30H34O6. The highest BCUT2D eigenvalue weighted by Crippen LogP contribution is 2.29. The van der Waals surface area contributed by atoms with E-state index in [9.17, 15) is 5.11 Å². The molecule has 3 aromatic rings. The maximum Gasteiger partial charge on any atom is 0.184 e. The Hall–Kier alpha value is -2.84. The van der Waals surface area contributed by atoms with Crippen LogP contribution in [0.4, 0.5) is 0 Å². The van der Waals surface area contributed by atoms with E-state index in [0.29, 0.717) is 19.8 Å². The summed E-state index contributed by atoms with van der Waals surface area (Å²) in [6.07, 6.45) is -1.97. The van der Waals surface area contributed by atoms with Gasteiger partial charge < -0.3 is 28.8 Å². The van der Waals surface area contributed by atoms with Gasteiger partial charge in [-0.25, -0.2) is 0 Å². The summed E-state index contributed by atoms with van der Waals surface area (Å²) in [6.45, 7) is 5.38. The number of aliphatic hydroxyl groups excluding tert-OH is 1. The monoisotopic (exact) mass is 490 g/mol. The fourth-order valence-electron chi connectivity index (χ4n) is 4.18. The third-order valence-corrected chi connectivity index (χ3v) is 5.98. The van der Waals surface area contributed by atoms with Gasteiger partial charge in [-0.3, -0.25) is 0 Å². The van der Waals surface area contributed by atoms with Gasteiger partial charge in [0.25, 0.3) is 0 Å². The van der Waals surface area contributed by atoms with E-state index in [-0.39, 0.29) is 13.2 Å². The highest BCUT2D eigenvalue weighted by molar-refractivity contribution is 5.15. The fraction of sp³-hybridized carbons (Fsp3) is 0.333. The molecule has 190 valence electrons. The maximum absolute atomic E-state index is 10.9. The highest BCUT2D eigenvalue weighted by atomic mass is 16.7. The number of hydrogen-bond acceptors (Lipinski definition) is 6. The van der Waals surface area contributed by atoms with E-state index in [2.05, 4.69) is 6.58 Å². The molecule has 6 heteroatoms. The summed E-state index contributed by atoms with van der Waals surface area (Å²) < 4.78 is 30.6. The first-order valence-corrected chi connectivity index (χ1v) is 12.2. The molecule has 0 saturated carbocycles. The predicted molar refractivity (Wildman–Crippen MR) is 137 cm³/mol. The van der Waals surface area contributed by atoms with Gasteiger partial charge in [-0.05, 0) is 16.7 Å². The van der Waals surface area contributed by atoms with Gasteiger partial charge in [-0.1, -0.05) is 97.1 Å². The highest BCUT2D eigenvalue weighted by Gasteiger charge is 2.47. The van der Waals surface area contributed by atoms with Crippen LogP contribution in [0.5, 0.6) is 0 Å². The van der Waals surface area contributed by atoms with Gasteiger partial charge in [-0.15, -0.1) is 6.58 Å². The Balaban J connectivity index is 1.49. The van der Waals surface area contributed by atoms with Gasteiger partial charge >= 0.3 is 0 Å². The van der Waals surface area contributed by atoms with Crippen molar-refractivity contribution in [1.29, 1.82) is 0 Å². The number of hydrogen-bond donors (Lipinski definition) is 1. The smallest absolute Gasteiger partial charge is 0.184 e. The van der Waals surface area contributed by atoms with Crippen LogP contribution < -0.4 is 0 Å². The minimum Gasteiger partial charge on any atom is -0.374 e. The zero-order chi connectivity index (χ0) is 25.0. The quantitative estimate of drug-likeness (QED) is 0.352. The van der Waals surface area contributed by atoms with E-state index in [4.69, 9.17) is 23.7 Å². The Morgan fingerprint density at radius 1 is 0.667 bits per heavy atom. The lowest BCUT2D eigenvalue weighted by atomic mass is 9.98. The van der Waals surface area contributed by atoms with Crippen LogP contribution in [0, 0.1) is 0 Å². The summed E-state index contributed by atoms with van der Waals surface area (Å²) >= 11 is 0. The molecule has 0 aliphatic carbocycles. The third-order valence-electron chi connectivity index (χ3n) is 5.98. The summed E-state index contributed by atoms with van der Waals surface area (Å²) in [6, 6.07) is 29.6. The lowest BCUT2D eigenvalue weighted by molar-refractivity contribution is -0.314. The van der Waals surface area contributed by atoms with Crippen LogP contribution >= 0.6 is 0 Å². The molecule has 0 amide bonds. The van der Waals surface area contributed by atoms with Crippen LogP contribution in [0.25, 0.3) is 0 Å². The molecule has 1 N–H and O–H groups in total. The van der Waals surface area contributed by atoms with Gasteiger partial charge in [-0.2, -0.15) is 0 Å². The number of ether oxygens (including phenoxy) is 5. The first kappa shape index (κ1) is 26.2. The lowest BCUT2D eigenvalue weighted by Gasteiger charge is -2.44. The molecule has 0 radical (unpaired) electrons. The van der Waals surface area contributed by atoms with E-state index in [0.717, 1.165) is 16.7 Å². The summed E-state index contributed by atoms with van der Waals surface area (Å²) in [7, 11) is 0. The first-order valence-electron chi connectivity index (χ1n) is 12.2. The zero-order valence-electron chi connectivity index (χ0n) is 20.4. The van der Waals surface area contributed by atoms with Gasteiger partial charge in [0.05, 0.1) is 33.0 Å². The number of benzene rings is 3. The van der Waals surface area contributed by atoms with Crippen LogP contribution in [0.3, 0.4) is 0 Å². The molecule has 0 bridgehead atoms. The molecular weight excluding hydrogens is 456 g/mol. The van der Waals surface area contributed by atoms with E-state index in [1.807, 2.05) is 91.0 Å². The number of rotatable bonds is 13. The molecule has 1 saturated heterocycles. The van der Waals surface area contributed by atoms with E-state index in [1.54, 1.807) is 6.08 Å². The molecule has 3 aromatic carbocycles. The number of aliphatic hydroxyl groups is 1. The molecule has 1 aliphatic rings. The van der Waals surface area contributed by atoms with Crippen molar-refractivity contribution in [2.45, 2.75) is 50.5 Å². The second-order valence-corrected chi connectivity index (χ2v) is 8.67. The van der Waals surface area contributed by atoms with Gasteiger partial charge in [0.15, 0.2) is 6.29 Å². The summed E-state index contributed by atoms with van der Waals surface area (Å²) in [5.74, 6) is 0. The lowest BCUT2D eigenvalue weighted by Crippen LogP contribution is -2.61. The molecule has 6 nitrogen and oxygen atoms in total. The SMILES string of the molecule is C=CCOC1C(OCc2ccccc2)C(O)OC(COCc2ccccc2)C1OCc1ccccc1. The Morgan fingerprint density at radius 2 is 1.17 bits per heavy atom. The molecule has 0 spiro atoms. The second kappa shape index (κ2) is 14.0. The molecule has 1 aliphatic heterocycles. The largest absolute Gasteiger partial charge is 0.374 e. The van der Waals surface area contributed by atoms with Crippen molar-refractivity contribution < 1.29 is 28.8 Å². The molecule has 5 atom stereocenters. The van der Waals surface area contributed by atoms with E-state index in [1.165, 1.54) is 0 Å². The van der Waals surface area contributed by atoms with Crippen LogP contribution in [-0.4, -0.2) is 49.0 Å². The normalized spacial score (nSPS) is 23.9. The van der Waals surface area contributed by atoms with Crippen molar-refractivity contribution in [3.8, 4) is 0 Å². The minimum atomic E-state index is -1.20. The zero-order valence-corrected chi connectivity index (χ0v) is 20.4. The van der Waals surface area contributed by atoms with Crippen molar-refractivity contribution in [1.82, 2.24) is 0 Å². The molecule has 4 rings (SSSR count). The Morgan fingerprint density at radius 3 is 1.69 bits per heavy atom. The third kappa shape index (κ3) is 7.58. The topological polar surface area (TPSA) is 66.4 Å². The Kier molecular flexibility index (Phi) is 10.2. The predicted octanol–water partition coefficient (Wildman–Crippen LogP) is 4.66. The van der Waals surface area contributed by atoms with Crippen molar-refractivity contribution in [3.63, 3.8) is 0 Å². The standard InChI is InChI=1S/C30H34O6/c1-2-18-33-28-27(34-20-24-14-8-4-9-15-24)26(22-32-19-23-12-6-3-7-13-23)36-30(31)29(28)35-21-25-16-10-5-11-17-25/h2-17,26-31H,1,18-22H2. The average molecular weight is 491 g/mol. The Bertz CT molecular complexity index is 1010.